The van der Waals surface area contributed by atoms with Crippen LogP contribution in [0.25, 0.3) is 28.5 Å². The molecule has 0 saturated carbocycles. The van der Waals surface area contributed by atoms with E-state index in [1.54, 1.807) is 12.1 Å². The molecule has 0 unspecified atom stereocenters. The van der Waals surface area contributed by atoms with E-state index in [0.29, 0.717) is 16.7 Å². The summed E-state index contributed by atoms with van der Waals surface area (Å²) in [4.78, 5) is 4.42. The van der Waals surface area contributed by atoms with Crippen LogP contribution in [0.4, 0.5) is 0 Å². The van der Waals surface area contributed by atoms with Gasteiger partial charge in [0.2, 0.25) is 5.82 Å². The fourth-order valence-electron chi connectivity index (χ4n) is 2.22. The minimum Gasteiger partial charge on any atom is -0.334 e. The van der Waals surface area contributed by atoms with E-state index >= 15 is 0 Å². The van der Waals surface area contributed by atoms with Crippen molar-refractivity contribution in [3.63, 3.8) is 0 Å². The van der Waals surface area contributed by atoms with Gasteiger partial charge in [-0.25, -0.2) is 0 Å². The van der Waals surface area contributed by atoms with Crippen molar-refractivity contribution in [1.29, 1.82) is 0 Å². The molecule has 0 aliphatic carbocycles. The summed E-state index contributed by atoms with van der Waals surface area (Å²) < 4.78 is 7.20. The lowest BCUT2D eigenvalue weighted by Gasteiger charge is -1.97. The summed E-state index contributed by atoms with van der Waals surface area (Å²) in [5.41, 5.74) is 2.39. The van der Waals surface area contributed by atoms with Gasteiger partial charge < -0.3 is 4.52 Å². The first-order valence-corrected chi connectivity index (χ1v) is 7.00. The highest BCUT2D eigenvalue weighted by molar-refractivity contribution is 6.30. The second kappa shape index (κ2) is 4.92. The number of hydrogen-bond donors (Lipinski definition) is 0. The van der Waals surface area contributed by atoms with Gasteiger partial charge in [0, 0.05) is 22.3 Å². The number of benzene rings is 1. The summed E-state index contributed by atoms with van der Waals surface area (Å²) in [6.45, 7) is 1.89. The van der Waals surface area contributed by atoms with Gasteiger partial charge in [0.05, 0.1) is 0 Å². The van der Waals surface area contributed by atoms with Gasteiger partial charge in [-0.05, 0) is 37.3 Å². The summed E-state index contributed by atoms with van der Waals surface area (Å²) in [5.74, 6) is 1.73. The standard InChI is InChI=1S/C15H10ClN5O/c1-9-18-19-13-6-5-11(8-21(9)13)14-17-15(22-20-14)10-3-2-4-12(16)7-10/h2-8H,1H3. The van der Waals surface area contributed by atoms with E-state index < -0.39 is 0 Å². The van der Waals surface area contributed by atoms with E-state index in [1.807, 2.05) is 41.8 Å². The lowest BCUT2D eigenvalue weighted by Crippen LogP contribution is -1.90. The average molecular weight is 312 g/mol. The van der Waals surface area contributed by atoms with Crippen LogP contribution in [0.2, 0.25) is 5.02 Å². The maximum atomic E-state index is 5.98. The molecule has 22 heavy (non-hydrogen) atoms. The largest absolute Gasteiger partial charge is 0.334 e. The topological polar surface area (TPSA) is 69.1 Å². The highest BCUT2D eigenvalue weighted by atomic mass is 35.5. The Hall–Kier alpha value is -2.73. The Morgan fingerprint density at radius 2 is 2.00 bits per heavy atom. The van der Waals surface area contributed by atoms with Crippen molar-refractivity contribution in [1.82, 2.24) is 24.7 Å². The first-order chi connectivity index (χ1) is 10.7. The van der Waals surface area contributed by atoms with Crippen LogP contribution in [0, 0.1) is 6.92 Å². The van der Waals surface area contributed by atoms with Crippen LogP contribution >= 0.6 is 11.6 Å². The van der Waals surface area contributed by atoms with Crippen LogP contribution in [0.3, 0.4) is 0 Å². The summed E-state index contributed by atoms with van der Waals surface area (Å²) in [6, 6.07) is 11.0. The third-order valence-corrected chi connectivity index (χ3v) is 3.56. The number of aromatic nitrogens is 5. The van der Waals surface area contributed by atoms with Crippen molar-refractivity contribution < 1.29 is 4.52 Å². The van der Waals surface area contributed by atoms with E-state index in [-0.39, 0.29) is 0 Å². The van der Waals surface area contributed by atoms with Crippen molar-refractivity contribution in [2.75, 3.05) is 0 Å². The van der Waals surface area contributed by atoms with Gasteiger partial charge >= 0.3 is 0 Å². The van der Waals surface area contributed by atoms with Crippen molar-refractivity contribution >= 4 is 17.2 Å². The molecule has 108 valence electrons. The van der Waals surface area contributed by atoms with Gasteiger partial charge in [0.25, 0.3) is 5.89 Å². The highest BCUT2D eigenvalue weighted by Gasteiger charge is 2.12. The Balaban J connectivity index is 1.77. The number of aryl methyl sites for hydroxylation is 1. The molecule has 4 aromatic rings. The number of pyridine rings is 1. The van der Waals surface area contributed by atoms with E-state index in [1.165, 1.54) is 0 Å². The number of nitrogens with zero attached hydrogens (tertiary/aromatic N) is 5. The maximum Gasteiger partial charge on any atom is 0.258 e. The Morgan fingerprint density at radius 3 is 2.86 bits per heavy atom. The first kappa shape index (κ1) is 13.0. The van der Waals surface area contributed by atoms with Crippen LogP contribution in [-0.2, 0) is 0 Å². The Labute approximate surface area is 130 Å². The minimum absolute atomic E-state index is 0.429. The monoisotopic (exact) mass is 311 g/mol. The summed E-state index contributed by atoms with van der Waals surface area (Å²) in [5, 5.41) is 12.7. The molecule has 7 heteroatoms. The minimum atomic E-state index is 0.429. The lowest BCUT2D eigenvalue weighted by molar-refractivity contribution is 0.432. The molecular formula is C15H10ClN5O. The van der Waals surface area contributed by atoms with E-state index in [9.17, 15) is 0 Å². The molecule has 3 heterocycles. The maximum absolute atomic E-state index is 5.98. The third-order valence-electron chi connectivity index (χ3n) is 3.33. The SMILES string of the molecule is Cc1nnc2ccc(-c3noc(-c4cccc(Cl)c4)n3)cn12. The molecule has 0 spiro atoms. The molecule has 0 fully saturated rings. The summed E-state index contributed by atoms with van der Waals surface area (Å²) >= 11 is 5.98. The Morgan fingerprint density at radius 1 is 1.09 bits per heavy atom. The number of fused-ring (bicyclic) bond motifs is 1. The van der Waals surface area contributed by atoms with Crippen LogP contribution in [-0.4, -0.2) is 24.7 Å². The molecule has 0 atom stereocenters. The molecule has 1 aromatic carbocycles. The molecule has 0 amide bonds. The van der Waals surface area contributed by atoms with Gasteiger partial charge in [0.15, 0.2) is 5.65 Å². The van der Waals surface area contributed by atoms with Crippen LogP contribution < -0.4 is 0 Å². The molecule has 0 radical (unpaired) electrons. The smallest absolute Gasteiger partial charge is 0.258 e. The van der Waals surface area contributed by atoms with Crippen LogP contribution in [0.15, 0.2) is 47.1 Å². The zero-order valence-corrected chi connectivity index (χ0v) is 12.3. The summed E-state index contributed by atoms with van der Waals surface area (Å²) in [6.07, 6.45) is 1.89. The Bertz CT molecular complexity index is 975. The molecule has 0 bridgehead atoms. The lowest BCUT2D eigenvalue weighted by atomic mass is 10.2. The van der Waals surface area contributed by atoms with E-state index in [2.05, 4.69) is 20.3 Å². The molecule has 3 aromatic heterocycles. The first-order valence-electron chi connectivity index (χ1n) is 6.62. The highest BCUT2D eigenvalue weighted by Crippen LogP contribution is 2.24. The van der Waals surface area contributed by atoms with E-state index in [4.69, 9.17) is 16.1 Å². The molecule has 0 aliphatic rings. The van der Waals surface area contributed by atoms with Gasteiger partial charge in [-0.3, -0.25) is 4.40 Å². The number of hydrogen-bond acceptors (Lipinski definition) is 5. The Kier molecular flexibility index (Phi) is 2.90. The average Bonchev–Trinajstić information content (AvgIpc) is 3.15. The van der Waals surface area contributed by atoms with Crippen molar-refractivity contribution in [3.05, 3.63) is 53.4 Å². The molecule has 0 saturated heterocycles. The second-order valence-electron chi connectivity index (χ2n) is 4.83. The molecule has 0 aliphatic heterocycles. The summed E-state index contributed by atoms with van der Waals surface area (Å²) in [7, 11) is 0. The number of halogens is 1. The zero-order valence-electron chi connectivity index (χ0n) is 11.6. The van der Waals surface area contributed by atoms with Crippen LogP contribution in [0.5, 0.6) is 0 Å². The van der Waals surface area contributed by atoms with Gasteiger partial charge in [-0.15, -0.1) is 10.2 Å². The molecule has 6 nitrogen and oxygen atoms in total. The van der Waals surface area contributed by atoms with Gasteiger partial charge in [-0.1, -0.05) is 22.8 Å². The quantitative estimate of drug-likeness (QED) is 0.567. The zero-order chi connectivity index (χ0) is 15.1. The fraction of sp³-hybridized carbons (Fsp3) is 0.0667. The van der Waals surface area contributed by atoms with Crippen molar-refractivity contribution in [2.45, 2.75) is 6.92 Å². The predicted molar refractivity (Wildman–Crippen MR) is 81.5 cm³/mol. The third kappa shape index (κ3) is 2.14. The second-order valence-corrected chi connectivity index (χ2v) is 5.26. The van der Waals surface area contributed by atoms with Crippen molar-refractivity contribution in [3.8, 4) is 22.8 Å². The van der Waals surface area contributed by atoms with Gasteiger partial charge in [0.1, 0.15) is 5.82 Å². The normalized spacial score (nSPS) is 11.2. The van der Waals surface area contributed by atoms with Gasteiger partial charge in [-0.2, -0.15) is 4.98 Å². The van der Waals surface area contributed by atoms with E-state index in [0.717, 1.165) is 22.6 Å². The molecule has 0 N–H and O–H groups in total. The van der Waals surface area contributed by atoms with Crippen LogP contribution in [0.1, 0.15) is 5.82 Å². The fourth-order valence-corrected chi connectivity index (χ4v) is 2.41. The number of rotatable bonds is 2. The molecule has 4 rings (SSSR count). The molecular weight excluding hydrogens is 302 g/mol. The van der Waals surface area contributed by atoms with Crippen molar-refractivity contribution in [2.24, 2.45) is 0 Å². The predicted octanol–water partition coefficient (Wildman–Crippen LogP) is 3.41.